The molecule has 0 heterocycles. The van der Waals surface area contributed by atoms with E-state index < -0.39 is 0 Å². The smallest absolute Gasteiger partial charge is 0.176 e. The first-order chi connectivity index (χ1) is 26.5. The Morgan fingerprint density at radius 3 is 1.17 bits per heavy atom. The molecule has 0 aliphatic heterocycles. The van der Waals surface area contributed by atoms with Crippen molar-refractivity contribution in [3.05, 3.63) is 58.9 Å². The van der Waals surface area contributed by atoms with Crippen molar-refractivity contribution in [3.8, 4) is 23.6 Å². The highest BCUT2D eigenvalue weighted by Crippen LogP contribution is 2.28. The van der Waals surface area contributed by atoms with Gasteiger partial charge in [-0.3, -0.25) is 0 Å². The van der Waals surface area contributed by atoms with Gasteiger partial charge in [0.2, 0.25) is 0 Å². The van der Waals surface area contributed by atoms with Crippen LogP contribution in [0.5, 0.6) is 11.5 Å². The Labute approximate surface area is 329 Å². The van der Waals surface area contributed by atoms with E-state index in [1.54, 1.807) is 12.4 Å². The van der Waals surface area contributed by atoms with Gasteiger partial charge in [-0.2, -0.15) is 10.5 Å². The van der Waals surface area contributed by atoms with E-state index in [0.29, 0.717) is 13.2 Å². The third kappa shape index (κ3) is 17.2. The Balaban J connectivity index is 2.26. The van der Waals surface area contributed by atoms with Gasteiger partial charge in [0.15, 0.2) is 11.4 Å². The molecular formula is C46H70N6O2. The van der Waals surface area contributed by atoms with Gasteiger partial charge in [-0.15, -0.1) is 0 Å². The molecule has 296 valence electrons. The van der Waals surface area contributed by atoms with E-state index in [1.165, 1.54) is 77.0 Å². The lowest BCUT2D eigenvalue weighted by atomic mass is 10.1. The SMILES string of the molecule is CCCCCCCCCCOc1cc(N(CC)CC)ccc1C=N/C(C#N)=C(\C#N)N=Cc1ccc(N(CC)CC)cc1OCCCCCCCCCC. The van der Waals surface area contributed by atoms with E-state index >= 15 is 0 Å². The van der Waals surface area contributed by atoms with Crippen LogP contribution in [0.3, 0.4) is 0 Å². The third-order valence-electron chi connectivity index (χ3n) is 9.86. The number of hydrogen-bond acceptors (Lipinski definition) is 8. The number of unbranched alkanes of at least 4 members (excludes halogenated alkanes) is 14. The van der Waals surface area contributed by atoms with E-state index in [9.17, 15) is 10.5 Å². The summed E-state index contributed by atoms with van der Waals surface area (Å²) in [4.78, 5) is 13.5. The monoisotopic (exact) mass is 739 g/mol. The number of anilines is 2. The number of nitriles is 2. The van der Waals surface area contributed by atoms with E-state index in [2.05, 4.69) is 85.6 Å². The van der Waals surface area contributed by atoms with Crippen LogP contribution in [0.1, 0.15) is 155 Å². The van der Waals surface area contributed by atoms with Crippen molar-refractivity contribution in [2.75, 3.05) is 49.2 Å². The highest BCUT2D eigenvalue weighted by Gasteiger charge is 2.12. The zero-order valence-electron chi connectivity index (χ0n) is 34.7. The summed E-state index contributed by atoms with van der Waals surface area (Å²) >= 11 is 0. The van der Waals surface area contributed by atoms with Gasteiger partial charge in [-0.1, -0.05) is 104 Å². The van der Waals surface area contributed by atoms with Gasteiger partial charge in [0.05, 0.1) is 13.2 Å². The van der Waals surface area contributed by atoms with Crippen molar-refractivity contribution in [1.29, 1.82) is 10.5 Å². The summed E-state index contributed by atoms with van der Waals surface area (Å²) in [6.45, 7) is 17.8. The second kappa shape index (κ2) is 29.1. The van der Waals surface area contributed by atoms with Crippen LogP contribution in [-0.4, -0.2) is 51.8 Å². The van der Waals surface area contributed by atoms with Crippen LogP contribution < -0.4 is 19.3 Å². The molecule has 0 amide bonds. The van der Waals surface area contributed by atoms with E-state index in [0.717, 1.165) is 85.9 Å². The Morgan fingerprint density at radius 1 is 0.519 bits per heavy atom. The van der Waals surface area contributed by atoms with Crippen molar-refractivity contribution in [2.45, 2.75) is 144 Å². The van der Waals surface area contributed by atoms with Gasteiger partial charge in [-0.25, -0.2) is 9.98 Å². The quantitative estimate of drug-likeness (QED) is 0.0450. The summed E-state index contributed by atoms with van der Waals surface area (Å²) in [6, 6.07) is 16.3. The molecule has 0 N–H and O–H groups in total. The molecule has 54 heavy (non-hydrogen) atoms. The number of aliphatic imine (C=N–C) groups is 2. The zero-order chi connectivity index (χ0) is 39.2. The van der Waals surface area contributed by atoms with Crippen molar-refractivity contribution in [1.82, 2.24) is 0 Å². The van der Waals surface area contributed by atoms with Crippen LogP contribution >= 0.6 is 0 Å². The second-order valence-corrected chi connectivity index (χ2v) is 13.9. The lowest BCUT2D eigenvalue weighted by Gasteiger charge is -2.22. The van der Waals surface area contributed by atoms with Crippen molar-refractivity contribution >= 4 is 23.8 Å². The maximum absolute atomic E-state index is 10.1. The average Bonchev–Trinajstić information content (AvgIpc) is 3.19. The summed E-state index contributed by atoms with van der Waals surface area (Å²) in [5.41, 5.74) is 3.54. The molecule has 0 aromatic heterocycles. The summed E-state index contributed by atoms with van der Waals surface area (Å²) in [7, 11) is 0. The molecule has 0 saturated carbocycles. The summed E-state index contributed by atoms with van der Waals surface area (Å²) < 4.78 is 12.6. The molecule has 0 atom stereocenters. The molecular weight excluding hydrogens is 669 g/mol. The maximum atomic E-state index is 10.1. The number of allylic oxidation sites excluding steroid dienone is 2. The fourth-order valence-electron chi connectivity index (χ4n) is 6.47. The lowest BCUT2D eigenvalue weighted by molar-refractivity contribution is 0.304. The molecule has 0 saturated heterocycles. The fraction of sp³-hybridized carbons (Fsp3) is 0.609. The highest BCUT2D eigenvalue weighted by atomic mass is 16.5. The normalized spacial score (nSPS) is 11.8. The second-order valence-electron chi connectivity index (χ2n) is 13.9. The average molecular weight is 739 g/mol. The Kier molecular flexibility index (Phi) is 24.7. The lowest BCUT2D eigenvalue weighted by Crippen LogP contribution is -2.21. The molecule has 0 aliphatic carbocycles. The van der Waals surface area contributed by atoms with Gasteiger partial charge in [-0.05, 0) is 64.8 Å². The van der Waals surface area contributed by atoms with E-state index in [1.807, 2.05) is 24.3 Å². The molecule has 0 unspecified atom stereocenters. The number of nitrogens with zero attached hydrogens (tertiary/aromatic N) is 6. The minimum Gasteiger partial charge on any atom is -0.493 e. The molecule has 2 rings (SSSR count). The van der Waals surface area contributed by atoms with Crippen molar-refractivity contribution in [3.63, 3.8) is 0 Å². The molecule has 8 nitrogen and oxygen atoms in total. The number of benzene rings is 2. The van der Waals surface area contributed by atoms with Gasteiger partial charge >= 0.3 is 0 Å². The Hall–Kier alpha value is -4.30. The van der Waals surface area contributed by atoms with Gasteiger partial charge in [0.25, 0.3) is 0 Å². The molecule has 0 aliphatic rings. The largest absolute Gasteiger partial charge is 0.493 e. The first-order valence-electron chi connectivity index (χ1n) is 21.2. The fourth-order valence-corrected chi connectivity index (χ4v) is 6.47. The highest BCUT2D eigenvalue weighted by molar-refractivity contribution is 5.87. The molecule has 0 bridgehead atoms. The third-order valence-corrected chi connectivity index (χ3v) is 9.86. The topological polar surface area (TPSA) is 97.2 Å². The van der Waals surface area contributed by atoms with Gasteiger partial charge in [0, 0.05) is 73.2 Å². The molecule has 0 fully saturated rings. The standard InChI is InChI=1S/C46H70N6O2/c1-7-13-15-17-19-21-23-25-31-53-45-33-41(51(9-3)10-4)29-27-39(45)37-49-43(35-47)44(36-48)50-38-40-28-30-42(52(11-5)12-6)34-46(40)54-32-26-24-22-20-18-16-14-8-2/h27-30,33-34,37-38H,7-26,31-32H2,1-6H3/b44-43+,49-37?,50-38?. The maximum Gasteiger partial charge on any atom is 0.176 e. The summed E-state index contributed by atoms with van der Waals surface area (Å²) in [5, 5.41) is 20.2. The van der Waals surface area contributed by atoms with Crippen LogP contribution in [0.4, 0.5) is 11.4 Å². The number of hydrogen-bond donors (Lipinski definition) is 0. The molecule has 8 heteroatoms. The predicted molar refractivity (Wildman–Crippen MR) is 230 cm³/mol. The first kappa shape index (κ1) is 45.9. The van der Waals surface area contributed by atoms with Crippen LogP contribution in [0, 0.1) is 22.7 Å². The predicted octanol–water partition coefficient (Wildman–Crippen LogP) is 12.2. The van der Waals surface area contributed by atoms with E-state index in [4.69, 9.17) is 9.47 Å². The molecule has 0 spiro atoms. The summed E-state index contributed by atoms with van der Waals surface area (Å²) in [5.74, 6) is 1.44. The van der Waals surface area contributed by atoms with Crippen molar-refractivity contribution < 1.29 is 9.47 Å². The Morgan fingerprint density at radius 2 is 0.852 bits per heavy atom. The molecule has 0 radical (unpaired) electrons. The van der Waals surface area contributed by atoms with Crippen LogP contribution in [0.25, 0.3) is 0 Å². The van der Waals surface area contributed by atoms with Crippen LogP contribution in [0.2, 0.25) is 0 Å². The minimum absolute atomic E-state index is 0.0586. The number of rotatable bonds is 30. The summed E-state index contributed by atoms with van der Waals surface area (Å²) in [6.07, 6.45) is 22.9. The minimum atomic E-state index is -0.0586. The van der Waals surface area contributed by atoms with Gasteiger partial charge < -0.3 is 19.3 Å². The molecule has 2 aromatic carbocycles. The van der Waals surface area contributed by atoms with Gasteiger partial charge in [0.1, 0.15) is 23.6 Å². The molecule has 2 aromatic rings. The van der Waals surface area contributed by atoms with Crippen LogP contribution in [0.15, 0.2) is 57.8 Å². The Bertz CT molecular complexity index is 1380. The van der Waals surface area contributed by atoms with E-state index in [-0.39, 0.29) is 11.4 Å². The van der Waals surface area contributed by atoms with Crippen LogP contribution in [-0.2, 0) is 0 Å². The zero-order valence-corrected chi connectivity index (χ0v) is 34.7. The first-order valence-corrected chi connectivity index (χ1v) is 21.2. The van der Waals surface area contributed by atoms with Crippen molar-refractivity contribution in [2.24, 2.45) is 9.98 Å². The number of ether oxygens (including phenoxy) is 2.